The highest BCUT2D eigenvalue weighted by Gasteiger charge is 2.47. The Labute approximate surface area is 123 Å². The number of imidazole rings is 1. The molecule has 2 aromatic heterocycles. The van der Waals surface area contributed by atoms with Crippen molar-refractivity contribution in [3.8, 4) is 0 Å². The van der Waals surface area contributed by atoms with E-state index in [2.05, 4.69) is 15.0 Å². The van der Waals surface area contributed by atoms with Crippen molar-refractivity contribution in [1.82, 2.24) is 19.5 Å². The lowest BCUT2D eigenvalue weighted by atomic mass is 9.97. The van der Waals surface area contributed by atoms with Gasteiger partial charge in [0.1, 0.15) is 30.2 Å². The third-order valence-corrected chi connectivity index (χ3v) is 3.53. The molecule has 1 aliphatic rings. The van der Waals surface area contributed by atoms with E-state index in [4.69, 9.17) is 16.2 Å². The highest BCUT2D eigenvalue weighted by atomic mass is 16.6. The van der Waals surface area contributed by atoms with Gasteiger partial charge in [-0.3, -0.25) is 9.36 Å². The van der Waals surface area contributed by atoms with Crippen LogP contribution < -0.4 is 11.5 Å². The Morgan fingerprint density at radius 1 is 1.18 bits per heavy atom. The topological polar surface area (TPSA) is 183 Å². The van der Waals surface area contributed by atoms with Crippen molar-refractivity contribution in [3.63, 3.8) is 0 Å². The Hall–Kier alpha value is -2.34. The lowest BCUT2D eigenvalue weighted by Crippen LogP contribution is -2.59. The maximum atomic E-state index is 11.3. The first-order valence-corrected chi connectivity index (χ1v) is 6.33. The van der Waals surface area contributed by atoms with Gasteiger partial charge in [-0.05, 0) is 0 Å². The average Bonchev–Trinajstić information content (AvgIpc) is 2.90. The second-order valence-corrected chi connectivity index (χ2v) is 4.90. The SMILES string of the molecule is NC(=O)[C@@H]1O[C@@H](n2cnc3c(N)ncnc32)[C@H](O)[C@H](O)[C@@H]1O. The van der Waals surface area contributed by atoms with E-state index in [0.29, 0.717) is 0 Å². The second-order valence-electron chi connectivity index (χ2n) is 4.90. The van der Waals surface area contributed by atoms with Crippen molar-refractivity contribution in [3.05, 3.63) is 12.7 Å². The molecule has 1 fully saturated rings. The molecule has 3 rings (SSSR count). The van der Waals surface area contributed by atoms with Crippen molar-refractivity contribution in [2.45, 2.75) is 30.6 Å². The fourth-order valence-corrected chi connectivity index (χ4v) is 2.38. The first-order chi connectivity index (χ1) is 10.4. The van der Waals surface area contributed by atoms with E-state index in [1.54, 1.807) is 0 Å². The van der Waals surface area contributed by atoms with E-state index in [0.717, 1.165) is 0 Å². The zero-order chi connectivity index (χ0) is 16.0. The van der Waals surface area contributed by atoms with Gasteiger partial charge in [0.25, 0.3) is 0 Å². The molecule has 22 heavy (non-hydrogen) atoms. The van der Waals surface area contributed by atoms with Crippen LogP contribution >= 0.6 is 0 Å². The van der Waals surface area contributed by atoms with Crippen LogP contribution in [-0.2, 0) is 9.53 Å². The van der Waals surface area contributed by atoms with Crippen LogP contribution in [0.1, 0.15) is 6.23 Å². The predicted octanol–water partition coefficient (Wildman–Crippen LogP) is -3.13. The molecule has 2 aromatic rings. The molecule has 7 N–H and O–H groups in total. The van der Waals surface area contributed by atoms with Gasteiger partial charge >= 0.3 is 0 Å². The minimum absolute atomic E-state index is 0.126. The van der Waals surface area contributed by atoms with Gasteiger partial charge in [0.05, 0.1) is 6.33 Å². The highest BCUT2D eigenvalue weighted by molar-refractivity contribution is 5.81. The molecule has 5 atom stereocenters. The number of nitrogen functional groups attached to an aromatic ring is 1. The average molecular weight is 310 g/mol. The van der Waals surface area contributed by atoms with Gasteiger partial charge in [-0.2, -0.15) is 0 Å². The molecule has 0 bridgehead atoms. The summed E-state index contributed by atoms with van der Waals surface area (Å²) in [5.74, 6) is -0.844. The molecule has 3 heterocycles. The Bertz CT molecular complexity index is 720. The predicted molar refractivity (Wildman–Crippen MR) is 70.9 cm³/mol. The number of aliphatic hydroxyl groups is 3. The minimum atomic E-state index is -1.64. The number of rotatable bonds is 2. The summed E-state index contributed by atoms with van der Waals surface area (Å²) < 4.78 is 6.60. The lowest BCUT2D eigenvalue weighted by molar-refractivity contribution is -0.239. The fraction of sp³-hybridized carbons (Fsp3) is 0.455. The molecular weight excluding hydrogens is 296 g/mol. The third-order valence-electron chi connectivity index (χ3n) is 3.53. The fourth-order valence-electron chi connectivity index (χ4n) is 2.38. The van der Waals surface area contributed by atoms with Crippen LogP contribution in [0.25, 0.3) is 11.2 Å². The van der Waals surface area contributed by atoms with Gasteiger partial charge in [0, 0.05) is 0 Å². The van der Waals surface area contributed by atoms with Gasteiger partial charge in [0.15, 0.2) is 23.8 Å². The molecule has 0 aromatic carbocycles. The summed E-state index contributed by atoms with van der Waals surface area (Å²) in [6, 6.07) is 0. The standard InChI is InChI=1S/C11H14N6O5/c12-8-3-10(15-1-14-8)17(2-16-3)11-6(20)4(18)5(19)7(22-11)9(13)21/h1-2,4-7,11,18-20H,(H2,13,21)(H2,12,14,15)/t4-,5+,6-,7-,11-/m1/s1. The number of amides is 1. The van der Waals surface area contributed by atoms with Crippen LogP contribution in [0.2, 0.25) is 0 Å². The van der Waals surface area contributed by atoms with Crippen LogP contribution in [0, 0.1) is 0 Å². The van der Waals surface area contributed by atoms with Gasteiger partial charge in [-0.1, -0.05) is 0 Å². The maximum absolute atomic E-state index is 11.3. The number of aromatic nitrogens is 4. The van der Waals surface area contributed by atoms with Crippen LogP contribution in [0.15, 0.2) is 12.7 Å². The van der Waals surface area contributed by atoms with E-state index in [1.807, 2.05) is 0 Å². The Balaban J connectivity index is 2.05. The van der Waals surface area contributed by atoms with E-state index >= 15 is 0 Å². The smallest absolute Gasteiger partial charge is 0.249 e. The lowest BCUT2D eigenvalue weighted by Gasteiger charge is -2.39. The molecule has 0 aliphatic carbocycles. The first-order valence-electron chi connectivity index (χ1n) is 6.33. The van der Waals surface area contributed by atoms with E-state index in [1.165, 1.54) is 17.2 Å². The molecule has 0 radical (unpaired) electrons. The Morgan fingerprint density at radius 2 is 1.91 bits per heavy atom. The number of hydrogen-bond acceptors (Lipinski definition) is 9. The summed E-state index contributed by atoms with van der Waals surface area (Å²) in [5, 5.41) is 29.7. The number of aliphatic hydroxyl groups excluding tert-OH is 3. The van der Waals surface area contributed by atoms with Gasteiger partial charge in [-0.25, -0.2) is 15.0 Å². The van der Waals surface area contributed by atoms with Crippen molar-refractivity contribution >= 4 is 22.9 Å². The van der Waals surface area contributed by atoms with Crippen LogP contribution in [0.3, 0.4) is 0 Å². The molecule has 1 amide bonds. The number of carbonyl (C=O) groups is 1. The monoisotopic (exact) mass is 310 g/mol. The van der Waals surface area contributed by atoms with E-state index in [-0.39, 0.29) is 17.0 Å². The summed E-state index contributed by atoms with van der Waals surface area (Å²) in [7, 11) is 0. The summed E-state index contributed by atoms with van der Waals surface area (Å²) in [4.78, 5) is 23.1. The molecule has 0 spiro atoms. The summed E-state index contributed by atoms with van der Waals surface area (Å²) in [5.41, 5.74) is 11.3. The normalized spacial score (nSPS) is 32.2. The minimum Gasteiger partial charge on any atom is -0.387 e. The van der Waals surface area contributed by atoms with Crippen molar-refractivity contribution in [2.75, 3.05) is 5.73 Å². The first kappa shape index (κ1) is 14.6. The van der Waals surface area contributed by atoms with Crippen LogP contribution in [0.4, 0.5) is 5.82 Å². The molecule has 11 heteroatoms. The Kier molecular flexibility index (Phi) is 3.41. The quantitative estimate of drug-likeness (QED) is 0.383. The number of ether oxygens (including phenoxy) is 1. The van der Waals surface area contributed by atoms with E-state index < -0.39 is 36.6 Å². The highest BCUT2D eigenvalue weighted by Crippen LogP contribution is 2.30. The molecule has 1 saturated heterocycles. The number of carbonyl (C=O) groups excluding carboxylic acids is 1. The molecular formula is C11H14N6O5. The van der Waals surface area contributed by atoms with Crippen LogP contribution in [0.5, 0.6) is 0 Å². The summed E-state index contributed by atoms with van der Waals surface area (Å²) in [6.45, 7) is 0. The Morgan fingerprint density at radius 3 is 2.59 bits per heavy atom. The van der Waals surface area contributed by atoms with Crippen molar-refractivity contribution in [1.29, 1.82) is 0 Å². The van der Waals surface area contributed by atoms with Crippen molar-refractivity contribution < 1.29 is 24.9 Å². The number of primary amides is 1. The molecule has 0 unspecified atom stereocenters. The number of hydrogen-bond donors (Lipinski definition) is 5. The number of nitrogens with zero attached hydrogens (tertiary/aromatic N) is 4. The summed E-state index contributed by atoms with van der Waals surface area (Å²) >= 11 is 0. The second kappa shape index (κ2) is 5.14. The molecule has 118 valence electrons. The summed E-state index contributed by atoms with van der Waals surface area (Å²) in [6.07, 6.45) is -5.05. The van der Waals surface area contributed by atoms with Gasteiger partial charge in [0.2, 0.25) is 5.91 Å². The number of fused-ring (bicyclic) bond motifs is 1. The number of anilines is 1. The van der Waals surface area contributed by atoms with Crippen molar-refractivity contribution in [2.24, 2.45) is 5.73 Å². The molecule has 0 saturated carbocycles. The number of nitrogens with two attached hydrogens (primary N) is 2. The van der Waals surface area contributed by atoms with Crippen LogP contribution in [-0.4, -0.2) is 65.2 Å². The zero-order valence-electron chi connectivity index (χ0n) is 11.1. The van der Waals surface area contributed by atoms with E-state index in [9.17, 15) is 20.1 Å². The zero-order valence-corrected chi connectivity index (χ0v) is 11.1. The largest absolute Gasteiger partial charge is 0.387 e. The van der Waals surface area contributed by atoms with Gasteiger partial charge < -0.3 is 31.5 Å². The molecule has 11 nitrogen and oxygen atoms in total. The third kappa shape index (κ3) is 2.07. The maximum Gasteiger partial charge on any atom is 0.249 e. The van der Waals surface area contributed by atoms with Gasteiger partial charge in [-0.15, -0.1) is 0 Å². The molecule has 1 aliphatic heterocycles.